The van der Waals surface area contributed by atoms with Crippen LogP contribution in [0, 0.1) is 0 Å². The third kappa shape index (κ3) is 3.27. The largest absolute Gasteiger partial charge is 0.711 e. The van der Waals surface area contributed by atoms with Crippen molar-refractivity contribution in [2.75, 3.05) is 13.2 Å². The van der Waals surface area contributed by atoms with Crippen LogP contribution >= 0.6 is 0 Å². The maximum absolute atomic E-state index is 10.2. The van der Waals surface area contributed by atoms with Gasteiger partial charge < -0.3 is 15.4 Å². The first-order valence-electron chi connectivity index (χ1n) is 2.27. The van der Waals surface area contributed by atoms with Crippen molar-refractivity contribution in [3.8, 4) is 0 Å². The zero-order valence-electron chi connectivity index (χ0n) is 4.63. The van der Waals surface area contributed by atoms with Gasteiger partial charge in [0.1, 0.15) is 6.54 Å². The van der Waals surface area contributed by atoms with Crippen molar-refractivity contribution in [2.45, 2.75) is 6.92 Å². The van der Waals surface area contributed by atoms with E-state index in [9.17, 15) is 4.79 Å². The molecule has 0 saturated carbocycles. The van der Waals surface area contributed by atoms with Crippen LogP contribution in [0.25, 0.3) is 5.53 Å². The van der Waals surface area contributed by atoms with E-state index in [-0.39, 0.29) is 6.54 Å². The molecule has 0 atom stereocenters. The number of carbonyl (C=O) groups excluding carboxylic acids is 1. The first-order chi connectivity index (χ1) is 3.81. The Balaban J connectivity index is 3.18. The summed E-state index contributed by atoms with van der Waals surface area (Å²) in [6.45, 7) is 1.75. The van der Waals surface area contributed by atoms with Gasteiger partial charge in [0, 0.05) is 0 Å². The Hall–Kier alpha value is -0.930. The minimum atomic E-state index is -0.505. The van der Waals surface area contributed by atoms with Crippen molar-refractivity contribution in [1.29, 1.82) is 0 Å². The van der Waals surface area contributed by atoms with Crippen LogP contribution in [0.4, 0.5) is 0 Å². The zero-order chi connectivity index (χ0) is 6.41. The highest BCUT2D eigenvalue weighted by Crippen LogP contribution is 1.77. The maximum Gasteiger partial charge on any atom is 0.325 e. The Morgan fingerprint density at radius 3 is 2.88 bits per heavy atom. The fourth-order valence-corrected chi connectivity index (χ4v) is 0.264. The van der Waals surface area contributed by atoms with Crippen LogP contribution in [0.5, 0.6) is 0 Å². The number of hydrogen-bond donors (Lipinski definition) is 0. The molecule has 0 aromatic rings. The van der Waals surface area contributed by atoms with Gasteiger partial charge in [-0.15, -0.1) is 0 Å². The molecule has 0 amide bonds. The minimum Gasteiger partial charge on any atom is -0.711 e. The second-order valence-electron chi connectivity index (χ2n) is 1.10. The lowest BCUT2D eigenvalue weighted by molar-refractivity contribution is -0.141. The summed E-state index contributed by atoms with van der Waals surface area (Å²) in [7, 11) is 0. The third-order valence-corrected chi connectivity index (χ3v) is 0.505. The standard InChI is InChI=1S/C4H7N2O2/c1-2-8-4(7)3-6-5/h2-3H2,1H3/q-1. The normalized spacial score (nSPS) is 8.12. The van der Waals surface area contributed by atoms with Gasteiger partial charge in [-0.2, -0.15) is 0 Å². The van der Waals surface area contributed by atoms with Crippen LogP contribution in [-0.4, -0.2) is 19.1 Å². The molecule has 0 unspecified atom stereocenters. The Labute approximate surface area is 47.3 Å². The summed E-state index contributed by atoms with van der Waals surface area (Å²) >= 11 is 0. The summed E-state index contributed by atoms with van der Waals surface area (Å²) in [5.74, 6) is -0.505. The van der Waals surface area contributed by atoms with Gasteiger partial charge in [0.2, 0.25) is 0 Å². The molecular weight excluding hydrogens is 108 g/mol. The quantitative estimate of drug-likeness (QED) is 0.398. The highest BCUT2D eigenvalue weighted by atomic mass is 16.5. The molecule has 0 heterocycles. The molecule has 4 nitrogen and oxygen atoms in total. The average molecular weight is 115 g/mol. The van der Waals surface area contributed by atoms with E-state index in [0.29, 0.717) is 6.61 Å². The van der Waals surface area contributed by atoms with E-state index < -0.39 is 5.97 Å². The van der Waals surface area contributed by atoms with E-state index in [1.165, 1.54) is 0 Å². The SMILES string of the molecule is CCOC(=O)CN=[N-]. The van der Waals surface area contributed by atoms with Gasteiger partial charge in [-0.1, -0.05) is 0 Å². The lowest BCUT2D eigenvalue weighted by Crippen LogP contribution is -2.06. The molecule has 0 N–H and O–H groups in total. The molecule has 0 spiro atoms. The van der Waals surface area contributed by atoms with Crippen LogP contribution in [-0.2, 0) is 9.53 Å². The monoisotopic (exact) mass is 115 g/mol. The zero-order valence-corrected chi connectivity index (χ0v) is 4.63. The smallest absolute Gasteiger partial charge is 0.325 e. The Kier molecular flexibility index (Phi) is 3.74. The van der Waals surface area contributed by atoms with E-state index in [2.05, 4.69) is 9.85 Å². The molecule has 0 fully saturated rings. The summed E-state index contributed by atoms with van der Waals surface area (Å²) in [6, 6.07) is 0. The van der Waals surface area contributed by atoms with Gasteiger partial charge in [0.25, 0.3) is 0 Å². The van der Waals surface area contributed by atoms with Gasteiger partial charge in [0.05, 0.1) is 6.61 Å². The van der Waals surface area contributed by atoms with Gasteiger partial charge in [-0.3, -0.25) is 4.79 Å². The first kappa shape index (κ1) is 7.07. The van der Waals surface area contributed by atoms with Gasteiger partial charge in [0.15, 0.2) is 0 Å². The molecule has 0 aromatic carbocycles. The van der Waals surface area contributed by atoms with Crippen LogP contribution in [0.1, 0.15) is 6.92 Å². The summed E-state index contributed by atoms with van der Waals surface area (Å²) in [6.07, 6.45) is 0. The van der Waals surface area contributed by atoms with Crippen LogP contribution in [0.15, 0.2) is 5.11 Å². The van der Waals surface area contributed by atoms with Crippen molar-refractivity contribution in [3.05, 3.63) is 5.53 Å². The fourth-order valence-electron chi connectivity index (χ4n) is 0.264. The molecule has 4 heteroatoms. The molecule has 0 rings (SSSR count). The highest BCUT2D eigenvalue weighted by Gasteiger charge is 1.92. The van der Waals surface area contributed by atoms with Crippen molar-refractivity contribution in [1.82, 2.24) is 0 Å². The Morgan fingerprint density at radius 2 is 2.50 bits per heavy atom. The van der Waals surface area contributed by atoms with Crippen molar-refractivity contribution >= 4 is 5.97 Å². The number of hydrogen-bond acceptors (Lipinski definition) is 3. The maximum atomic E-state index is 10.2. The second kappa shape index (κ2) is 4.23. The Bertz CT molecular complexity index is 92.0. The highest BCUT2D eigenvalue weighted by molar-refractivity contribution is 5.71. The number of ether oxygens (including phenoxy) is 1. The average Bonchev–Trinajstić information content (AvgIpc) is 1.68. The summed E-state index contributed by atoms with van der Waals surface area (Å²) < 4.78 is 4.39. The lowest BCUT2D eigenvalue weighted by atomic mass is 10.7. The van der Waals surface area contributed by atoms with E-state index in [1.54, 1.807) is 6.92 Å². The molecule has 8 heavy (non-hydrogen) atoms. The number of esters is 1. The molecule has 0 bridgehead atoms. The topological polar surface area (TPSA) is 61.0 Å². The van der Waals surface area contributed by atoms with E-state index >= 15 is 0 Å². The van der Waals surface area contributed by atoms with Crippen molar-refractivity contribution in [2.24, 2.45) is 5.11 Å². The lowest BCUT2D eigenvalue weighted by Gasteiger charge is -1.96. The van der Waals surface area contributed by atoms with E-state index in [4.69, 9.17) is 5.53 Å². The number of nitrogens with zero attached hydrogens (tertiary/aromatic N) is 2. The van der Waals surface area contributed by atoms with Crippen LogP contribution in [0.3, 0.4) is 0 Å². The van der Waals surface area contributed by atoms with Gasteiger partial charge >= 0.3 is 5.97 Å². The van der Waals surface area contributed by atoms with Gasteiger partial charge in [-0.05, 0) is 6.92 Å². The minimum absolute atomic E-state index is 0.270. The van der Waals surface area contributed by atoms with Gasteiger partial charge in [-0.25, -0.2) is 0 Å². The number of carbonyl (C=O) groups is 1. The molecule has 0 aromatic heterocycles. The summed E-state index contributed by atoms with van der Waals surface area (Å²) in [5, 5.41) is 2.58. The molecule has 0 aliphatic carbocycles. The van der Waals surface area contributed by atoms with Crippen molar-refractivity contribution in [3.63, 3.8) is 0 Å². The molecule has 0 radical (unpaired) electrons. The molecule has 46 valence electrons. The molecule has 0 saturated heterocycles. The number of rotatable bonds is 3. The summed E-state index contributed by atoms with van der Waals surface area (Å²) in [4.78, 5) is 10.2. The fraction of sp³-hybridized carbons (Fsp3) is 0.750. The molecule has 0 aliphatic heterocycles. The predicted molar refractivity (Wildman–Crippen MR) is 27.3 cm³/mol. The predicted octanol–water partition coefficient (Wildman–Crippen LogP) is 0.571. The third-order valence-electron chi connectivity index (χ3n) is 0.505. The van der Waals surface area contributed by atoms with Crippen LogP contribution in [0.2, 0.25) is 0 Å². The Morgan fingerprint density at radius 1 is 1.88 bits per heavy atom. The summed E-state index contributed by atoms with van der Waals surface area (Å²) in [5.41, 5.74) is 7.79. The molecule has 0 aliphatic rings. The first-order valence-corrected chi connectivity index (χ1v) is 2.27. The van der Waals surface area contributed by atoms with Crippen molar-refractivity contribution < 1.29 is 9.53 Å². The van der Waals surface area contributed by atoms with Crippen LogP contribution < -0.4 is 0 Å². The van der Waals surface area contributed by atoms with E-state index in [1.807, 2.05) is 0 Å². The second-order valence-corrected chi connectivity index (χ2v) is 1.10. The molecular formula is C4H7N2O2-. The van der Waals surface area contributed by atoms with E-state index in [0.717, 1.165) is 0 Å².